The summed E-state index contributed by atoms with van der Waals surface area (Å²) in [5, 5.41) is 0. The zero-order chi connectivity index (χ0) is 23.7. The molecule has 0 rings (SSSR count). The third-order valence-corrected chi connectivity index (χ3v) is 25.5. The van der Waals surface area contributed by atoms with E-state index < -0.39 is 59.4 Å². The Bertz CT molecular complexity index is 454. The van der Waals surface area contributed by atoms with Crippen LogP contribution >= 0.6 is 0 Å². The Morgan fingerprint density at radius 1 is 0.276 bits per heavy atom. The van der Waals surface area contributed by atoms with Crippen LogP contribution in [-0.4, -0.2) is 59.4 Å². The van der Waals surface area contributed by atoms with Gasteiger partial charge in [-0.05, 0) is 91.7 Å². The lowest BCUT2D eigenvalue weighted by molar-refractivity contribution is 0.200. The summed E-state index contributed by atoms with van der Waals surface area (Å²) in [6.07, 6.45) is 0. The summed E-state index contributed by atoms with van der Waals surface area (Å²) in [7, 11) is -15.9. The second-order valence-electron chi connectivity index (χ2n) is 12.2. The summed E-state index contributed by atoms with van der Waals surface area (Å²) in [4.78, 5) is 0. The molecule has 0 radical (unpaired) electrons. The first kappa shape index (κ1) is 30.3. The van der Waals surface area contributed by atoms with E-state index in [2.05, 4.69) is 91.7 Å². The van der Waals surface area contributed by atoms with Crippen molar-refractivity contribution in [3.8, 4) is 0 Å². The van der Waals surface area contributed by atoms with Crippen molar-refractivity contribution in [2.24, 2.45) is 0 Å². The lowest BCUT2D eigenvalue weighted by atomic mass is 11.8. The molecule has 0 fully saturated rings. The van der Waals surface area contributed by atoms with Crippen LogP contribution in [0.3, 0.4) is 0 Å². The minimum Gasteiger partial charge on any atom is -0.417 e. The molecule has 176 valence electrons. The summed E-state index contributed by atoms with van der Waals surface area (Å²) in [5.74, 6) is 0. The van der Waals surface area contributed by atoms with Crippen LogP contribution < -0.4 is 0 Å². The van der Waals surface area contributed by atoms with Crippen molar-refractivity contribution in [2.45, 2.75) is 105 Å². The van der Waals surface area contributed by atoms with E-state index in [4.69, 9.17) is 24.7 Å². The highest BCUT2D eigenvalue weighted by Gasteiger charge is 2.53. The molecule has 0 aromatic heterocycles. The second-order valence-corrected chi connectivity index (χ2v) is 40.2. The maximum Gasteiger partial charge on any atom is 0.467 e. The molecule has 13 heteroatoms. The van der Waals surface area contributed by atoms with Gasteiger partial charge in [-0.1, -0.05) is 0 Å². The summed E-state index contributed by atoms with van der Waals surface area (Å²) >= 11 is 0. The maximum atomic E-state index is 6.69. The van der Waals surface area contributed by atoms with Gasteiger partial charge in [0.1, 0.15) is 0 Å². The summed E-state index contributed by atoms with van der Waals surface area (Å²) in [5.41, 5.74) is 0. The van der Waals surface area contributed by atoms with E-state index >= 15 is 0 Å². The summed E-state index contributed by atoms with van der Waals surface area (Å²) in [6, 6.07) is 0. The molecule has 0 N–H and O–H groups in total. The van der Waals surface area contributed by atoms with Crippen molar-refractivity contribution in [3.63, 3.8) is 0 Å². The molecule has 0 unspecified atom stereocenters. The molecule has 0 heterocycles. The van der Waals surface area contributed by atoms with Crippen LogP contribution in [0.15, 0.2) is 0 Å². The van der Waals surface area contributed by atoms with Gasteiger partial charge in [-0.15, -0.1) is 0 Å². The van der Waals surface area contributed by atoms with E-state index in [1.807, 2.05) is 13.1 Å². The molecular weight excluding hydrogens is 485 g/mol. The molecule has 6 nitrogen and oxygen atoms in total. The normalized spacial score (nSPS) is 15.7. The summed E-state index contributed by atoms with van der Waals surface area (Å²) in [6.45, 7) is 34.2. The fourth-order valence-corrected chi connectivity index (χ4v) is 32.0. The predicted molar refractivity (Wildman–Crippen MR) is 141 cm³/mol. The highest BCUT2D eigenvalue weighted by atomic mass is 28.5. The first-order valence-corrected chi connectivity index (χ1v) is 31.3. The minimum absolute atomic E-state index is 1.86. The van der Waals surface area contributed by atoms with Crippen LogP contribution in [0.4, 0.5) is 0 Å². The van der Waals surface area contributed by atoms with E-state index in [1.165, 1.54) is 0 Å². The molecule has 0 atom stereocenters. The average molecular weight is 533 g/mol. The van der Waals surface area contributed by atoms with Crippen molar-refractivity contribution < 1.29 is 24.7 Å². The van der Waals surface area contributed by atoms with Gasteiger partial charge in [-0.25, -0.2) is 0 Å². The molecule has 29 heavy (non-hydrogen) atoms. The van der Waals surface area contributed by atoms with Crippen LogP contribution in [-0.2, 0) is 24.7 Å². The monoisotopic (exact) mass is 532 g/mol. The van der Waals surface area contributed by atoms with E-state index in [0.29, 0.717) is 0 Å². The van der Waals surface area contributed by atoms with Gasteiger partial charge in [0.05, 0.1) is 0 Å². The Kier molecular flexibility index (Phi) is 10.1. The lowest BCUT2D eigenvalue weighted by Crippen LogP contribution is -2.64. The number of hydrogen-bond donors (Lipinski definition) is 0. The zero-order valence-electron chi connectivity index (χ0n) is 21.9. The third-order valence-electron chi connectivity index (χ3n) is 2.83. The Balaban J connectivity index is 5.81. The van der Waals surface area contributed by atoms with Crippen LogP contribution in [0.25, 0.3) is 0 Å². The van der Waals surface area contributed by atoms with Crippen LogP contribution in [0, 0.1) is 0 Å². The Labute approximate surface area is 188 Å². The Hall–Kier alpha value is 1.28. The summed E-state index contributed by atoms with van der Waals surface area (Å²) < 4.78 is 39.5. The molecule has 0 amide bonds. The van der Waals surface area contributed by atoms with Crippen molar-refractivity contribution in [3.05, 3.63) is 0 Å². The van der Waals surface area contributed by atoms with Crippen molar-refractivity contribution in [2.75, 3.05) is 0 Å². The SMILES string of the molecule is C[Si](C)(C)O[Si](C)(O[Si](C)(C)C)O[Si](C)(C)O[Si](C)(O[Si](C)(C)C)O[Si](C)(C)C. The van der Waals surface area contributed by atoms with Gasteiger partial charge in [0.15, 0.2) is 33.3 Å². The van der Waals surface area contributed by atoms with Gasteiger partial charge in [0.25, 0.3) is 0 Å². The quantitative estimate of drug-likeness (QED) is 0.276. The number of rotatable bonds is 12. The Morgan fingerprint density at radius 3 is 0.586 bits per heavy atom. The van der Waals surface area contributed by atoms with Gasteiger partial charge >= 0.3 is 26.2 Å². The third kappa shape index (κ3) is 15.7. The molecular formula is C16H48O6Si7. The Morgan fingerprint density at radius 2 is 0.448 bits per heavy atom. The number of hydrogen-bond acceptors (Lipinski definition) is 6. The van der Waals surface area contributed by atoms with Crippen LogP contribution in [0.2, 0.25) is 105 Å². The smallest absolute Gasteiger partial charge is 0.417 e. The molecule has 0 aromatic carbocycles. The zero-order valence-corrected chi connectivity index (χ0v) is 28.9. The van der Waals surface area contributed by atoms with Crippen molar-refractivity contribution in [1.29, 1.82) is 0 Å². The minimum atomic E-state index is -2.88. The topological polar surface area (TPSA) is 55.4 Å². The fourth-order valence-electron chi connectivity index (χ4n) is 3.26. The second kappa shape index (κ2) is 9.64. The first-order valence-electron chi connectivity index (χ1n) is 10.4. The predicted octanol–water partition coefficient (Wildman–Crippen LogP) is 6.26. The van der Waals surface area contributed by atoms with Gasteiger partial charge in [-0.2, -0.15) is 0 Å². The lowest BCUT2D eigenvalue weighted by Gasteiger charge is -2.45. The van der Waals surface area contributed by atoms with Gasteiger partial charge in [0.2, 0.25) is 0 Å². The molecule has 0 saturated carbocycles. The van der Waals surface area contributed by atoms with E-state index in [9.17, 15) is 0 Å². The van der Waals surface area contributed by atoms with Crippen molar-refractivity contribution in [1.82, 2.24) is 0 Å². The van der Waals surface area contributed by atoms with E-state index in [1.54, 1.807) is 0 Å². The van der Waals surface area contributed by atoms with Gasteiger partial charge < -0.3 is 24.7 Å². The molecule has 0 saturated heterocycles. The molecule has 0 spiro atoms. The van der Waals surface area contributed by atoms with Gasteiger partial charge in [-0.3, -0.25) is 0 Å². The fraction of sp³-hybridized carbons (Fsp3) is 1.00. The van der Waals surface area contributed by atoms with Crippen LogP contribution in [0.1, 0.15) is 0 Å². The van der Waals surface area contributed by atoms with Gasteiger partial charge in [0, 0.05) is 13.1 Å². The van der Waals surface area contributed by atoms with E-state index in [0.717, 1.165) is 0 Å². The molecule has 0 aromatic rings. The molecule has 0 bridgehead atoms. The highest BCUT2D eigenvalue weighted by Crippen LogP contribution is 2.30. The average Bonchev–Trinajstić information content (AvgIpc) is 2.10. The molecule has 0 aliphatic heterocycles. The first-order chi connectivity index (χ1) is 12.2. The standard InChI is InChI=1S/C16H48O6Si7/c1-23(2,3)17-28(15,18-24(4,5)6)21-27(13,14)22-29(16,19-25(7,8)9)20-26(10,11)12/h1-16H3. The van der Waals surface area contributed by atoms with Crippen molar-refractivity contribution >= 4 is 59.4 Å². The molecule has 0 aliphatic carbocycles. The van der Waals surface area contributed by atoms with E-state index in [-0.39, 0.29) is 0 Å². The highest BCUT2D eigenvalue weighted by molar-refractivity contribution is 6.92. The molecule has 0 aliphatic rings. The largest absolute Gasteiger partial charge is 0.467 e. The van der Waals surface area contributed by atoms with Crippen LogP contribution in [0.5, 0.6) is 0 Å². The maximum absolute atomic E-state index is 6.69.